The first-order chi connectivity index (χ1) is 21.1. The van der Waals surface area contributed by atoms with Crippen LogP contribution in [0, 0.1) is 0 Å². The summed E-state index contributed by atoms with van der Waals surface area (Å²) in [5.41, 5.74) is 2.40. The first-order valence-corrected chi connectivity index (χ1v) is 14.2. The van der Waals surface area contributed by atoms with Crippen molar-refractivity contribution in [3.8, 4) is 33.8 Å². The van der Waals surface area contributed by atoms with E-state index in [1.807, 2.05) is 55.1 Å². The van der Waals surface area contributed by atoms with Gasteiger partial charge < -0.3 is 23.6 Å². The molecule has 2 aromatic carbocycles. The van der Waals surface area contributed by atoms with Crippen molar-refractivity contribution in [2.24, 2.45) is 0 Å². The summed E-state index contributed by atoms with van der Waals surface area (Å²) in [5, 5.41) is 11.6. The van der Waals surface area contributed by atoms with Crippen molar-refractivity contribution in [2.45, 2.75) is 13.8 Å². The number of carboxylic acids is 1. The molecule has 2 heterocycles. The summed E-state index contributed by atoms with van der Waals surface area (Å²) in [7, 11) is 3.77. The molecule has 44 heavy (non-hydrogen) atoms. The average Bonchev–Trinajstić information content (AvgIpc) is 3.02. The number of aromatic carboxylic acids is 1. The molecule has 224 valence electrons. The highest BCUT2D eigenvalue weighted by Crippen LogP contribution is 2.39. The zero-order valence-electron chi connectivity index (χ0n) is 25.0. The van der Waals surface area contributed by atoms with Gasteiger partial charge in [0.05, 0.1) is 17.2 Å². The van der Waals surface area contributed by atoms with Gasteiger partial charge in [-0.25, -0.2) is 19.0 Å². The molecule has 3 aromatic rings. The van der Waals surface area contributed by atoms with Crippen LogP contribution in [0.15, 0.2) is 93.0 Å². The summed E-state index contributed by atoms with van der Waals surface area (Å²) in [6.07, 6.45) is 1.45. The van der Waals surface area contributed by atoms with Crippen molar-refractivity contribution in [2.75, 3.05) is 38.7 Å². The minimum atomic E-state index is -1.18. The summed E-state index contributed by atoms with van der Waals surface area (Å²) >= 11 is 0. The molecule has 0 radical (unpaired) electrons. The largest absolute Gasteiger partial charge is 0.478 e. The molecule has 1 aliphatic heterocycles. The van der Waals surface area contributed by atoms with E-state index in [1.54, 1.807) is 12.1 Å². The van der Waals surface area contributed by atoms with Gasteiger partial charge in [-0.15, -0.1) is 0 Å². The van der Waals surface area contributed by atoms with Crippen LogP contribution in [0.1, 0.15) is 34.6 Å². The number of fused-ring (bicyclic) bond motifs is 2. The van der Waals surface area contributed by atoms with Crippen LogP contribution in [0.3, 0.4) is 0 Å². The van der Waals surface area contributed by atoms with E-state index in [0.717, 1.165) is 24.1 Å². The maximum Gasteiger partial charge on any atom is 0.347 e. The molecule has 5 rings (SSSR count). The van der Waals surface area contributed by atoms with Crippen molar-refractivity contribution in [1.29, 1.82) is 0 Å². The molecule has 0 spiro atoms. The normalized spacial score (nSPS) is 11.0. The Hall–Kier alpha value is -5.44. The van der Waals surface area contributed by atoms with Crippen molar-refractivity contribution in [3.63, 3.8) is 0 Å². The molecule has 0 fully saturated rings. The maximum absolute atomic E-state index is 13.4. The molecule has 0 bridgehead atoms. The van der Waals surface area contributed by atoms with Gasteiger partial charge in [-0.05, 0) is 73.5 Å². The molecule has 0 atom stereocenters. The average molecular weight is 594 g/mol. The van der Waals surface area contributed by atoms with Gasteiger partial charge in [0.25, 0.3) is 0 Å². The Balaban J connectivity index is 1.78. The molecule has 0 amide bonds. The molecule has 9 heteroatoms. The lowest BCUT2D eigenvalue weighted by molar-refractivity contribution is 0.0548. The van der Waals surface area contributed by atoms with E-state index in [9.17, 15) is 19.5 Å². The van der Waals surface area contributed by atoms with Crippen LogP contribution in [0.25, 0.3) is 44.7 Å². The molecular formula is C35H33N2O7+. The Kier molecular flexibility index (Phi) is 8.48. The molecule has 2 aliphatic rings. The van der Waals surface area contributed by atoms with Gasteiger partial charge in [0.15, 0.2) is 0 Å². The van der Waals surface area contributed by atoms with Gasteiger partial charge in [-0.3, -0.25) is 0 Å². The molecule has 9 nitrogen and oxygen atoms in total. The van der Waals surface area contributed by atoms with E-state index in [0.29, 0.717) is 27.9 Å². The highest BCUT2D eigenvalue weighted by molar-refractivity contribution is 6.02. The molecule has 0 saturated carbocycles. The van der Waals surface area contributed by atoms with Crippen LogP contribution in [0.2, 0.25) is 0 Å². The van der Waals surface area contributed by atoms with E-state index < -0.39 is 17.6 Å². The third kappa shape index (κ3) is 5.76. The van der Waals surface area contributed by atoms with Gasteiger partial charge in [-0.1, -0.05) is 12.7 Å². The third-order valence-corrected chi connectivity index (χ3v) is 7.49. The molecule has 1 aromatic heterocycles. The lowest BCUT2D eigenvalue weighted by Gasteiger charge is -2.21. The highest BCUT2D eigenvalue weighted by atomic mass is 16.5. The standard InChI is InChI=1S/C35H32N2O7/c1-6-15-42-34(40)22-10-13-26(33(38)39)27(17-22)28-20-32(43-31-18-23(36(4)5)12-14-25(28)31)29-16-21-9-11-24(37(7-2)8-3)19-30(21)44-35(29)41/h6,9-14,16-20H,1,7-8,15H2,2-5H3/p+1. The number of esters is 1. The van der Waals surface area contributed by atoms with Gasteiger partial charge in [0.2, 0.25) is 5.36 Å². The number of rotatable bonds is 9. The van der Waals surface area contributed by atoms with Crippen LogP contribution in [-0.2, 0) is 4.74 Å². The van der Waals surface area contributed by atoms with Crippen LogP contribution in [0.5, 0.6) is 0 Å². The second-order valence-electron chi connectivity index (χ2n) is 10.4. The number of carbonyl (C=O) groups is 2. The van der Waals surface area contributed by atoms with Crippen molar-refractivity contribution < 1.29 is 28.3 Å². The van der Waals surface area contributed by atoms with Gasteiger partial charge in [0.1, 0.15) is 43.4 Å². The Bertz CT molecular complexity index is 2010. The number of hydrogen-bond donors (Lipinski definition) is 1. The van der Waals surface area contributed by atoms with Gasteiger partial charge in [-0.2, -0.15) is 0 Å². The smallest absolute Gasteiger partial charge is 0.347 e. The van der Waals surface area contributed by atoms with E-state index in [-0.39, 0.29) is 34.6 Å². The third-order valence-electron chi connectivity index (χ3n) is 7.49. The first-order valence-electron chi connectivity index (χ1n) is 14.2. The minimum Gasteiger partial charge on any atom is -0.478 e. The van der Waals surface area contributed by atoms with Crippen LogP contribution >= 0.6 is 0 Å². The number of carboxylic acid groups (broad SMARTS) is 1. The summed E-state index contributed by atoms with van der Waals surface area (Å²) in [6, 6.07) is 18.8. The number of ether oxygens (including phenoxy) is 1. The molecular weight excluding hydrogens is 560 g/mol. The lowest BCUT2D eigenvalue weighted by atomic mass is 9.91. The second-order valence-corrected chi connectivity index (χ2v) is 10.4. The summed E-state index contributed by atoms with van der Waals surface area (Å²) in [5.74, 6) is -1.21. The second kappa shape index (κ2) is 12.4. The van der Waals surface area contributed by atoms with E-state index in [1.165, 1.54) is 24.3 Å². The Morgan fingerprint density at radius 2 is 1.64 bits per heavy atom. The minimum absolute atomic E-state index is 0.00755. The predicted octanol–water partition coefficient (Wildman–Crippen LogP) is 5.74. The monoisotopic (exact) mass is 593 g/mol. The predicted molar refractivity (Wildman–Crippen MR) is 170 cm³/mol. The number of hydrogen-bond acceptors (Lipinski definition) is 7. The van der Waals surface area contributed by atoms with Crippen molar-refractivity contribution in [1.82, 2.24) is 4.58 Å². The number of carbonyl (C=O) groups excluding carboxylic acids is 1. The highest BCUT2D eigenvalue weighted by Gasteiger charge is 2.24. The Labute approximate surface area is 253 Å². The summed E-state index contributed by atoms with van der Waals surface area (Å²) < 4.78 is 19.2. The molecule has 1 aliphatic carbocycles. The molecule has 0 saturated heterocycles. The maximum atomic E-state index is 13.4. The molecule has 0 unspecified atom stereocenters. The lowest BCUT2D eigenvalue weighted by Crippen LogP contribution is -2.21. The number of nitrogens with zero attached hydrogens (tertiary/aromatic N) is 2. The van der Waals surface area contributed by atoms with Gasteiger partial charge in [0, 0.05) is 41.9 Å². The zero-order chi connectivity index (χ0) is 31.5. The fourth-order valence-electron chi connectivity index (χ4n) is 5.16. The van der Waals surface area contributed by atoms with E-state index in [4.69, 9.17) is 13.6 Å². The van der Waals surface area contributed by atoms with Crippen LogP contribution in [0.4, 0.5) is 5.69 Å². The van der Waals surface area contributed by atoms with Crippen molar-refractivity contribution in [3.05, 3.63) is 106 Å². The van der Waals surface area contributed by atoms with Crippen LogP contribution < -0.4 is 20.5 Å². The SMILES string of the molecule is C=CCOC(=O)c1ccc(C(=O)O)c(-c2cc(-c3cc4ccc(N(CC)CC)cc4oc3=O)oc3cc(=[N+](C)C)ccc2-3)c1. The number of anilines is 1. The fraction of sp³-hybridized carbons (Fsp3) is 0.200. The molecule has 1 N–H and O–H groups in total. The van der Waals surface area contributed by atoms with Gasteiger partial charge >= 0.3 is 17.6 Å². The van der Waals surface area contributed by atoms with E-state index >= 15 is 0 Å². The quantitative estimate of drug-likeness (QED) is 0.0996. The Morgan fingerprint density at radius 3 is 2.32 bits per heavy atom. The Morgan fingerprint density at radius 1 is 0.886 bits per heavy atom. The van der Waals surface area contributed by atoms with Crippen LogP contribution in [-0.4, -0.2) is 50.8 Å². The first kappa shape index (κ1) is 30.0. The van der Waals surface area contributed by atoms with Crippen molar-refractivity contribution >= 4 is 28.6 Å². The number of benzene rings is 3. The fourth-order valence-corrected chi connectivity index (χ4v) is 5.16. The summed E-state index contributed by atoms with van der Waals surface area (Å²) in [6.45, 7) is 9.31. The van der Waals surface area contributed by atoms with E-state index in [2.05, 4.69) is 25.3 Å². The summed E-state index contributed by atoms with van der Waals surface area (Å²) in [4.78, 5) is 40.7. The zero-order valence-corrected chi connectivity index (χ0v) is 25.0. The topological polar surface area (TPSA) is 113 Å².